The van der Waals surface area contributed by atoms with E-state index in [0.717, 1.165) is 43.1 Å². The van der Waals surface area contributed by atoms with Crippen LogP contribution in [0, 0.1) is 0 Å². The fourth-order valence-corrected chi connectivity index (χ4v) is 2.54. The van der Waals surface area contributed by atoms with Gasteiger partial charge < -0.3 is 19.7 Å². The van der Waals surface area contributed by atoms with Crippen molar-refractivity contribution in [1.29, 1.82) is 0 Å². The van der Waals surface area contributed by atoms with Crippen molar-refractivity contribution in [3.05, 3.63) is 59.7 Å². The Morgan fingerprint density at radius 1 is 0.920 bits per heavy atom. The quantitative estimate of drug-likeness (QED) is 0.631. The van der Waals surface area contributed by atoms with Crippen LogP contribution in [0.25, 0.3) is 0 Å². The van der Waals surface area contributed by atoms with Crippen LogP contribution >= 0.6 is 0 Å². The second-order valence-corrected chi connectivity index (χ2v) is 6.32. The van der Waals surface area contributed by atoms with Gasteiger partial charge in [0.15, 0.2) is 11.5 Å². The lowest BCUT2D eigenvalue weighted by molar-refractivity contribution is 0.269. The van der Waals surface area contributed by atoms with Gasteiger partial charge in [-0.15, -0.1) is 0 Å². The Hall–Kier alpha value is -2.04. The summed E-state index contributed by atoms with van der Waals surface area (Å²) in [6.45, 7) is 6.11. The predicted molar refractivity (Wildman–Crippen MR) is 103 cm³/mol. The maximum absolute atomic E-state index is 5.95. The normalized spacial score (nSPS) is 10.9. The third kappa shape index (κ3) is 7.16. The molecule has 0 aliphatic rings. The fraction of sp³-hybridized carbons (Fsp3) is 0.429. The SMILES string of the molecule is CCOc1cc(CNCCCN(C)C)ccc1OCc1ccccc1. The van der Waals surface area contributed by atoms with Crippen LogP contribution in [0.3, 0.4) is 0 Å². The average Bonchev–Trinajstić information content (AvgIpc) is 2.61. The fourth-order valence-electron chi connectivity index (χ4n) is 2.54. The number of hydrogen-bond acceptors (Lipinski definition) is 4. The second kappa shape index (κ2) is 10.7. The van der Waals surface area contributed by atoms with Crippen LogP contribution in [0.5, 0.6) is 11.5 Å². The zero-order valence-corrected chi connectivity index (χ0v) is 15.6. The van der Waals surface area contributed by atoms with Crippen LogP contribution < -0.4 is 14.8 Å². The topological polar surface area (TPSA) is 33.7 Å². The zero-order valence-electron chi connectivity index (χ0n) is 15.6. The Morgan fingerprint density at radius 2 is 1.72 bits per heavy atom. The van der Waals surface area contributed by atoms with Gasteiger partial charge in [-0.1, -0.05) is 36.4 Å². The summed E-state index contributed by atoms with van der Waals surface area (Å²) in [4.78, 5) is 2.20. The lowest BCUT2D eigenvalue weighted by Gasteiger charge is -2.14. The summed E-state index contributed by atoms with van der Waals surface area (Å²) in [5.74, 6) is 1.60. The van der Waals surface area contributed by atoms with Gasteiger partial charge in [-0.2, -0.15) is 0 Å². The van der Waals surface area contributed by atoms with Gasteiger partial charge in [-0.3, -0.25) is 0 Å². The van der Waals surface area contributed by atoms with Gasteiger partial charge in [-0.25, -0.2) is 0 Å². The molecular formula is C21H30N2O2. The molecule has 0 saturated carbocycles. The summed E-state index contributed by atoms with van der Waals surface area (Å²) < 4.78 is 11.7. The van der Waals surface area contributed by atoms with E-state index in [1.807, 2.05) is 31.2 Å². The monoisotopic (exact) mass is 342 g/mol. The van der Waals surface area contributed by atoms with Crippen molar-refractivity contribution in [3.8, 4) is 11.5 Å². The first-order chi connectivity index (χ1) is 12.2. The minimum atomic E-state index is 0.545. The molecule has 0 saturated heterocycles. The lowest BCUT2D eigenvalue weighted by Crippen LogP contribution is -2.21. The molecule has 136 valence electrons. The van der Waals surface area contributed by atoms with E-state index >= 15 is 0 Å². The molecule has 0 amide bonds. The Labute approximate surface area is 151 Å². The Balaban J connectivity index is 1.89. The lowest BCUT2D eigenvalue weighted by atomic mass is 10.2. The Bertz CT molecular complexity index is 615. The first-order valence-corrected chi connectivity index (χ1v) is 8.97. The van der Waals surface area contributed by atoms with E-state index in [0.29, 0.717) is 13.2 Å². The van der Waals surface area contributed by atoms with Gasteiger partial charge in [0.25, 0.3) is 0 Å². The number of hydrogen-bond donors (Lipinski definition) is 1. The molecule has 0 spiro atoms. The molecule has 0 atom stereocenters. The first kappa shape index (κ1) is 19.3. The molecule has 0 heterocycles. The molecule has 0 fully saturated rings. The van der Waals surface area contributed by atoms with Crippen molar-refractivity contribution in [2.75, 3.05) is 33.8 Å². The van der Waals surface area contributed by atoms with E-state index in [2.05, 4.69) is 48.6 Å². The maximum Gasteiger partial charge on any atom is 0.161 e. The van der Waals surface area contributed by atoms with Crippen molar-refractivity contribution >= 4 is 0 Å². The van der Waals surface area contributed by atoms with Gasteiger partial charge in [0.2, 0.25) is 0 Å². The molecule has 0 radical (unpaired) electrons. The smallest absolute Gasteiger partial charge is 0.161 e. The molecule has 2 rings (SSSR count). The highest BCUT2D eigenvalue weighted by Gasteiger charge is 2.07. The molecule has 25 heavy (non-hydrogen) atoms. The van der Waals surface area contributed by atoms with Crippen LogP contribution in [-0.4, -0.2) is 38.7 Å². The molecule has 1 N–H and O–H groups in total. The second-order valence-electron chi connectivity index (χ2n) is 6.32. The summed E-state index contributed by atoms with van der Waals surface area (Å²) in [5.41, 5.74) is 2.36. The van der Waals surface area contributed by atoms with Crippen LogP contribution in [0.15, 0.2) is 48.5 Å². The molecule has 4 heteroatoms. The molecule has 4 nitrogen and oxygen atoms in total. The number of benzene rings is 2. The average molecular weight is 342 g/mol. The van der Waals surface area contributed by atoms with Crippen LogP contribution in [-0.2, 0) is 13.2 Å². The minimum Gasteiger partial charge on any atom is -0.490 e. The van der Waals surface area contributed by atoms with E-state index in [-0.39, 0.29) is 0 Å². The van der Waals surface area contributed by atoms with Crippen molar-refractivity contribution in [2.24, 2.45) is 0 Å². The van der Waals surface area contributed by atoms with Crippen LogP contribution in [0.4, 0.5) is 0 Å². The van der Waals surface area contributed by atoms with E-state index < -0.39 is 0 Å². The van der Waals surface area contributed by atoms with E-state index in [1.54, 1.807) is 0 Å². The summed E-state index contributed by atoms with van der Waals surface area (Å²) >= 11 is 0. The van der Waals surface area contributed by atoms with Gasteiger partial charge in [0.1, 0.15) is 6.61 Å². The van der Waals surface area contributed by atoms with Crippen molar-refractivity contribution in [2.45, 2.75) is 26.5 Å². The van der Waals surface area contributed by atoms with E-state index in [4.69, 9.17) is 9.47 Å². The summed E-state index contributed by atoms with van der Waals surface area (Å²) in [6, 6.07) is 16.4. The van der Waals surface area contributed by atoms with Crippen molar-refractivity contribution in [3.63, 3.8) is 0 Å². The summed E-state index contributed by atoms with van der Waals surface area (Å²) in [6.07, 6.45) is 1.14. The zero-order chi connectivity index (χ0) is 17.9. The largest absolute Gasteiger partial charge is 0.490 e. The van der Waals surface area contributed by atoms with Gasteiger partial charge >= 0.3 is 0 Å². The Morgan fingerprint density at radius 3 is 2.44 bits per heavy atom. The van der Waals surface area contributed by atoms with E-state index in [9.17, 15) is 0 Å². The molecule has 0 aliphatic heterocycles. The highest BCUT2D eigenvalue weighted by atomic mass is 16.5. The third-order valence-electron chi connectivity index (χ3n) is 3.83. The molecule has 0 aromatic heterocycles. The maximum atomic E-state index is 5.95. The third-order valence-corrected chi connectivity index (χ3v) is 3.83. The first-order valence-electron chi connectivity index (χ1n) is 8.97. The van der Waals surface area contributed by atoms with Gasteiger partial charge in [-0.05, 0) is 63.8 Å². The van der Waals surface area contributed by atoms with Gasteiger partial charge in [0.05, 0.1) is 6.61 Å². The summed E-state index contributed by atoms with van der Waals surface area (Å²) in [5, 5.41) is 3.48. The number of nitrogens with zero attached hydrogens (tertiary/aromatic N) is 1. The molecule has 0 bridgehead atoms. The number of ether oxygens (including phenoxy) is 2. The highest BCUT2D eigenvalue weighted by Crippen LogP contribution is 2.29. The minimum absolute atomic E-state index is 0.545. The summed E-state index contributed by atoms with van der Waals surface area (Å²) in [7, 11) is 4.20. The number of rotatable bonds is 11. The number of nitrogens with one attached hydrogen (secondary N) is 1. The van der Waals surface area contributed by atoms with Crippen LogP contribution in [0.2, 0.25) is 0 Å². The standard InChI is InChI=1S/C21H30N2O2/c1-4-24-21-15-19(16-22-13-8-14-23(2)3)11-12-20(21)25-17-18-9-6-5-7-10-18/h5-7,9-12,15,22H,4,8,13-14,16-17H2,1-3H3. The van der Waals surface area contributed by atoms with Crippen LogP contribution in [0.1, 0.15) is 24.5 Å². The molecular weight excluding hydrogens is 312 g/mol. The van der Waals surface area contributed by atoms with E-state index in [1.165, 1.54) is 5.56 Å². The van der Waals surface area contributed by atoms with Gasteiger partial charge in [0, 0.05) is 6.54 Å². The molecule has 2 aromatic rings. The predicted octanol–water partition coefficient (Wildman–Crippen LogP) is 3.71. The molecule has 2 aromatic carbocycles. The molecule has 0 aliphatic carbocycles. The van der Waals surface area contributed by atoms with Crippen molar-refractivity contribution in [1.82, 2.24) is 10.2 Å². The molecule has 0 unspecified atom stereocenters. The Kier molecular flexibility index (Phi) is 8.29. The van der Waals surface area contributed by atoms with Crippen molar-refractivity contribution < 1.29 is 9.47 Å². The highest BCUT2D eigenvalue weighted by molar-refractivity contribution is 5.43.